The van der Waals surface area contributed by atoms with E-state index in [1.807, 2.05) is 39.8 Å². The third-order valence-electron chi connectivity index (χ3n) is 4.39. The molecule has 132 valence electrons. The monoisotopic (exact) mass is 341 g/mol. The number of carbonyl (C=O) groups is 2. The Morgan fingerprint density at radius 1 is 1.32 bits per heavy atom. The topological polar surface area (TPSA) is 80.1 Å². The Bertz CT molecular complexity index is 794. The number of rotatable bonds is 4. The Morgan fingerprint density at radius 3 is 2.60 bits per heavy atom. The molecule has 1 unspecified atom stereocenters. The van der Waals surface area contributed by atoms with Gasteiger partial charge in [0.1, 0.15) is 0 Å². The third kappa shape index (κ3) is 3.55. The van der Waals surface area contributed by atoms with Gasteiger partial charge >= 0.3 is 0 Å². The van der Waals surface area contributed by atoms with E-state index in [0.29, 0.717) is 18.1 Å². The van der Waals surface area contributed by atoms with Crippen LogP contribution in [0.5, 0.6) is 0 Å². The summed E-state index contributed by atoms with van der Waals surface area (Å²) in [6.45, 7) is 8.29. The van der Waals surface area contributed by atoms with E-state index < -0.39 is 0 Å². The van der Waals surface area contributed by atoms with E-state index in [4.69, 9.17) is 0 Å². The van der Waals surface area contributed by atoms with Crippen LogP contribution in [-0.2, 0) is 9.59 Å². The average molecular weight is 341 g/mol. The number of aryl methyl sites for hydroxylation is 2. The number of aromatic nitrogens is 3. The Kier molecular flexibility index (Phi) is 4.57. The van der Waals surface area contributed by atoms with Crippen LogP contribution in [0.25, 0.3) is 5.82 Å². The van der Waals surface area contributed by atoms with Crippen molar-refractivity contribution in [2.75, 3.05) is 11.9 Å². The number of pyridine rings is 1. The molecule has 1 aliphatic rings. The van der Waals surface area contributed by atoms with Gasteiger partial charge in [-0.1, -0.05) is 0 Å². The summed E-state index contributed by atoms with van der Waals surface area (Å²) in [6.07, 6.45) is 1.88. The van der Waals surface area contributed by atoms with Gasteiger partial charge in [-0.15, -0.1) is 0 Å². The Balaban J connectivity index is 1.67. The van der Waals surface area contributed by atoms with Crippen molar-refractivity contribution in [2.24, 2.45) is 5.92 Å². The molecule has 0 radical (unpaired) electrons. The zero-order chi connectivity index (χ0) is 18.1. The van der Waals surface area contributed by atoms with E-state index in [1.54, 1.807) is 21.8 Å². The number of anilines is 1. The molecule has 25 heavy (non-hydrogen) atoms. The van der Waals surface area contributed by atoms with Gasteiger partial charge in [0, 0.05) is 24.7 Å². The van der Waals surface area contributed by atoms with Crippen molar-refractivity contribution in [1.82, 2.24) is 19.7 Å². The van der Waals surface area contributed by atoms with Crippen LogP contribution in [0.2, 0.25) is 0 Å². The van der Waals surface area contributed by atoms with Crippen molar-refractivity contribution >= 4 is 17.5 Å². The van der Waals surface area contributed by atoms with Crippen molar-refractivity contribution < 1.29 is 9.59 Å². The summed E-state index contributed by atoms with van der Waals surface area (Å²) < 4.78 is 1.76. The molecule has 7 heteroatoms. The van der Waals surface area contributed by atoms with Crippen LogP contribution in [0.3, 0.4) is 0 Å². The maximum Gasteiger partial charge on any atom is 0.229 e. The lowest BCUT2D eigenvalue weighted by Crippen LogP contribution is -2.33. The highest BCUT2D eigenvalue weighted by molar-refractivity contribution is 5.97. The third-order valence-corrected chi connectivity index (χ3v) is 4.39. The second kappa shape index (κ2) is 6.66. The summed E-state index contributed by atoms with van der Waals surface area (Å²) in [6, 6.07) is 5.71. The van der Waals surface area contributed by atoms with Gasteiger partial charge in [-0.25, -0.2) is 9.67 Å². The van der Waals surface area contributed by atoms with E-state index in [-0.39, 0.29) is 30.2 Å². The van der Waals surface area contributed by atoms with Crippen molar-refractivity contribution in [2.45, 2.75) is 40.2 Å². The fraction of sp³-hybridized carbons (Fsp3) is 0.444. The molecule has 7 nitrogen and oxygen atoms in total. The van der Waals surface area contributed by atoms with E-state index in [0.717, 1.165) is 11.4 Å². The first-order chi connectivity index (χ1) is 11.8. The molecule has 2 aromatic heterocycles. The highest BCUT2D eigenvalue weighted by Crippen LogP contribution is 2.22. The smallest absolute Gasteiger partial charge is 0.229 e. The summed E-state index contributed by atoms with van der Waals surface area (Å²) in [5, 5.41) is 7.24. The van der Waals surface area contributed by atoms with Crippen LogP contribution in [0.1, 0.15) is 31.7 Å². The van der Waals surface area contributed by atoms with E-state index >= 15 is 0 Å². The molecule has 1 N–H and O–H groups in total. The minimum absolute atomic E-state index is 0.0353. The minimum atomic E-state index is -0.314. The lowest BCUT2D eigenvalue weighted by molar-refractivity contribution is -0.129. The molecule has 1 saturated heterocycles. The van der Waals surface area contributed by atoms with E-state index in [2.05, 4.69) is 15.4 Å². The van der Waals surface area contributed by atoms with Crippen LogP contribution in [0, 0.1) is 19.8 Å². The number of nitrogens with one attached hydrogen (secondary N) is 1. The Morgan fingerprint density at radius 2 is 2.08 bits per heavy atom. The summed E-state index contributed by atoms with van der Waals surface area (Å²) >= 11 is 0. The largest absolute Gasteiger partial charge is 0.339 e. The van der Waals surface area contributed by atoms with Crippen molar-refractivity contribution in [3.63, 3.8) is 0 Å². The zero-order valence-electron chi connectivity index (χ0n) is 15.0. The second-order valence-corrected chi connectivity index (χ2v) is 6.77. The summed E-state index contributed by atoms with van der Waals surface area (Å²) in [5.41, 5.74) is 2.54. The van der Waals surface area contributed by atoms with Crippen molar-refractivity contribution in [3.8, 4) is 5.82 Å². The summed E-state index contributed by atoms with van der Waals surface area (Å²) in [4.78, 5) is 30.5. The average Bonchev–Trinajstić information content (AvgIpc) is 3.10. The number of nitrogens with zero attached hydrogens (tertiary/aromatic N) is 4. The summed E-state index contributed by atoms with van der Waals surface area (Å²) in [7, 11) is 0. The summed E-state index contributed by atoms with van der Waals surface area (Å²) in [5.74, 6) is 0.279. The van der Waals surface area contributed by atoms with Gasteiger partial charge in [0.05, 0.1) is 23.5 Å². The zero-order valence-corrected chi connectivity index (χ0v) is 15.0. The van der Waals surface area contributed by atoms with Gasteiger partial charge in [0.15, 0.2) is 5.82 Å². The quantitative estimate of drug-likeness (QED) is 0.923. The molecular weight excluding hydrogens is 318 g/mol. The fourth-order valence-electron chi connectivity index (χ4n) is 3.10. The molecular formula is C18H23N5O2. The second-order valence-electron chi connectivity index (χ2n) is 6.77. The molecule has 2 aromatic rings. The van der Waals surface area contributed by atoms with Crippen molar-refractivity contribution in [1.29, 1.82) is 0 Å². The van der Waals surface area contributed by atoms with Crippen LogP contribution in [0.15, 0.2) is 24.4 Å². The molecule has 3 rings (SSSR count). The molecule has 2 amide bonds. The maximum atomic E-state index is 12.4. The fourth-order valence-corrected chi connectivity index (χ4v) is 3.10. The maximum absolute atomic E-state index is 12.4. The lowest BCUT2D eigenvalue weighted by atomic mass is 10.1. The van der Waals surface area contributed by atoms with Gasteiger partial charge in [-0.05, 0) is 45.9 Å². The van der Waals surface area contributed by atoms with Crippen LogP contribution in [0.4, 0.5) is 5.69 Å². The first kappa shape index (κ1) is 17.1. The molecule has 3 heterocycles. The number of amides is 2. The van der Waals surface area contributed by atoms with Gasteiger partial charge in [-0.2, -0.15) is 5.10 Å². The predicted molar refractivity (Wildman–Crippen MR) is 94.4 cm³/mol. The van der Waals surface area contributed by atoms with Gasteiger partial charge in [0.25, 0.3) is 0 Å². The van der Waals surface area contributed by atoms with Gasteiger partial charge in [0.2, 0.25) is 11.8 Å². The van der Waals surface area contributed by atoms with Crippen LogP contribution < -0.4 is 5.32 Å². The van der Waals surface area contributed by atoms with E-state index in [1.165, 1.54) is 0 Å². The van der Waals surface area contributed by atoms with E-state index in [9.17, 15) is 9.59 Å². The lowest BCUT2D eigenvalue weighted by Gasteiger charge is -2.20. The molecule has 1 fully saturated rings. The minimum Gasteiger partial charge on any atom is -0.339 e. The molecule has 0 aromatic carbocycles. The van der Waals surface area contributed by atoms with Crippen LogP contribution in [-0.4, -0.2) is 44.1 Å². The van der Waals surface area contributed by atoms with Crippen molar-refractivity contribution in [3.05, 3.63) is 35.8 Å². The molecule has 0 bridgehead atoms. The van der Waals surface area contributed by atoms with Gasteiger partial charge < -0.3 is 10.2 Å². The molecule has 0 aliphatic carbocycles. The first-order valence-electron chi connectivity index (χ1n) is 8.45. The Hall–Kier alpha value is -2.70. The molecule has 1 atom stereocenters. The highest BCUT2D eigenvalue weighted by atomic mass is 16.2. The predicted octanol–water partition coefficient (Wildman–Crippen LogP) is 2.08. The molecule has 0 saturated carbocycles. The standard InChI is InChI=1S/C18H23N5O2/c1-11(2)22-10-14(8-17(22)24)18(25)20-15-5-6-16(19-9-15)23-13(4)7-12(3)21-23/h5-7,9,11,14H,8,10H2,1-4H3,(H,20,25). The van der Waals surface area contributed by atoms with Gasteiger partial charge in [-0.3, -0.25) is 9.59 Å². The number of hydrogen-bond acceptors (Lipinski definition) is 4. The molecule has 1 aliphatic heterocycles. The normalized spacial score (nSPS) is 17.4. The molecule has 0 spiro atoms. The SMILES string of the molecule is Cc1cc(C)n(-c2ccc(NC(=O)C3CC(=O)N(C(C)C)C3)cn2)n1. The Labute approximate surface area is 147 Å². The number of hydrogen-bond donors (Lipinski definition) is 1. The number of likely N-dealkylation sites (tertiary alicyclic amines) is 1. The number of carbonyl (C=O) groups excluding carboxylic acids is 2. The first-order valence-corrected chi connectivity index (χ1v) is 8.45. The highest BCUT2D eigenvalue weighted by Gasteiger charge is 2.35. The van der Waals surface area contributed by atoms with Crippen LogP contribution >= 0.6 is 0 Å².